The molecule has 1 amide bonds. The van der Waals surface area contributed by atoms with Gasteiger partial charge in [0, 0.05) is 18.9 Å². The van der Waals surface area contributed by atoms with Gasteiger partial charge in [0.15, 0.2) is 0 Å². The zero-order valence-electron chi connectivity index (χ0n) is 16.3. The number of nitrogens with zero attached hydrogens (tertiary/aromatic N) is 3. The first-order valence-electron chi connectivity index (χ1n) is 9.88. The number of carbonyl (C=O) groups is 1. The second kappa shape index (κ2) is 7.79. The molecule has 0 aliphatic rings. The second-order valence-electron chi connectivity index (χ2n) is 7.21. The lowest BCUT2D eigenvalue weighted by Gasteiger charge is -2.11. The molecule has 0 aliphatic heterocycles. The lowest BCUT2D eigenvalue weighted by Crippen LogP contribution is -2.25. The van der Waals surface area contributed by atoms with Gasteiger partial charge in [-0.2, -0.15) is 0 Å². The fourth-order valence-electron chi connectivity index (χ4n) is 3.71. The highest BCUT2D eigenvalue weighted by Gasteiger charge is 2.13. The van der Waals surface area contributed by atoms with Crippen LogP contribution in [0, 0.1) is 0 Å². The number of hydrogen-bond donors (Lipinski definition) is 1. The molecular formula is C25H20N4O. The van der Waals surface area contributed by atoms with Gasteiger partial charge in [-0.3, -0.25) is 9.78 Å². The number of nitrogens with one attached hydrogen (secondary N) is 1. The molecule has 2 aromatic heterocycles. The van der Waals surface area contributed by atoms with Crippen molar-refractivity contribution < 1.29 is 4.79 Å². The Labute approximate surface area is 174 Å². The van der Waals surface area contributed by atoms with E-state index in [0.717, 1.165) is 16.9 Å². The summed E-state index contributed by atoms with van der Waals surface area (Å²) in [6.45, 7) is 1.03. The molecule has 0 bridgehead atoms. The van der Waals surface area contributed by atoms with E-state index in [2.05, 4.69) is 63.4 Å². The Balaban J connectivity index is 1.46. The van der Waals surface area contributed by atoms with E-state index in [9.17, 15) is 4.79 Å². The number of rotatable bonds is 5. The molecule has 0 spiro atoms. The highest BCUT2D eigenvalue weighted by atomic mass is 16.1. The van der Waals surface area contributed by atoms with Gasteiger partial charge in [0.05, 0.1) is 23.1 Å². The zero-order chi connectivity index (χ0) is 20.3. The topological polar surface area (TPSA) is 59.8 Å². The minimum absolute atomic E-state index is 0.160. The first-order valence-corrected chi connectivity index (χ1v) is 9.88. The highest BCUT2D eigenvalue weighted by molar-refractivity contribution is 5.93. The maximum Gasteiger partial charge on any atom is 0.253 e. The Morgan fingerprint density at radius 2 is 1.73 bits per heavy atom. The summed E-state index contributed by atoms with van der Waals surface area (Å²) in [5.41, 5.74) is 3.70. The lowest BCUT2D eigenvalue weighted by atomic mass is 10.1. The van der Waals surface area contributed by atoms with Crippen LogP contribution in [0.4, 0.5) is 0 Å². The number of amides is 1. The smallest absolute Gasteiger partial charge is 0.253 e. The molecule has 5 rings (SSSR count). The summed E-state index contributed by atoms with van der Waals surface area (Å²) in [5.74, 6) is 0.661. The number of fused-ring (bicyclic) bond motifs is 2. The van der Waals surface area contributed by atoms with Gasteiger partial charge in [-0.1, -0.05) is 48.5 Å². The van der Waals surface area contributed by atoms with Crippen molar-refractivity contribution in [2.75, 3.05) is 0 Å². The van der Waals surface area contributed by atoms with Crippen LogP contribution in [0.5, 0.6) is 0 Å². The Hall–Kier alpha value is -3.99. The molecule has 5 aromatic rings. The van der Waals surface area contributed by atoms with E-state index in [4.69, 9.17) is 4.98 Å². The first-order chi connectivity index (χ1) is 14.8. The fourth-order valence-corrected chi connectivity index (χ4v) is 3.71. The van der Waals surface area contributed by atoms with Crippen LogP contribution in [-0.2, 0) is 13.1 Å². The molecule has 3 aromatic carbocycles. The normalized spacial score (nSPS) is 11.1. The van der Waals surface area contributed by atoms with Gasteiger partial charge in [0.2, 0.25) is 0 Å². The summed E-state index contributed by atoms with van der Waals surface area (Å²) in [4.78, 5) is 21.2. The van der Waals surface area contributed by atoms with Crippen molar-refractivity contribution in [3.63, 3.8) is 0 Å². The van der Waals surface area contributed by atoms with Gasteiger partial charge in [-0.25, -0.2) is 4.98 Å². The van der Waals surface area contributed by atoms with Crippen molar-refractivity contribution in [1.29, 1.82) is 0 Å². The average Bonchev–Trinajstić information content (AvgIpc) is 3.15. The van der Waals surface area contributed by atoms with Crippen LogP contribution in [0.3, 0.4) is 0 Å². The van der Waals surface area contributed by atoms with Crippen LogP contribution < -0.4 is 5.32 Å². The van der Waals surface area contributed by atoms with Gasteiger partial charge in [-0.15, -0.1) is 0 Å². The number of imidazole rings is 1. The van der Waals surface area contributed by atoms with Crippen molar-refractivity contribution in [3.8, 4) is 0 Å². The summed E-state index contributed by atoms with van der Waals surface area (Å²) in [6.07, 6.45) is 3.22. The molecule has 0 fully saturated rings. The molecule has 1 N–H and O–H groups in total. The van der Waals surface area contributed by atoms with Crippen LogP contribution in [0.25, 0.3) is 21.8 Å². The van der Waals surface area contributed by atoms with Crippen LogP contribution in [-0.4, -0.2) is 20.4 Å². The summed E-state index contributed by atoms with van der Waals surface area (Å²) in [7, 11) is 0. The number of hydrogen-bond acceptors (Lipinski definition) is 3. The number of aromatic nitrogens is 3. The van der Waals surface area contributed by atoms with Gasteiger partial charge in [0.1, 0.15) is 5.82 Å². The summed E-state index contributed by atoms with van der Waals surface area (Å²) >= 11 is 0. The van der Waals surface area contributed by atoms with Gasteiger partial charge < -0.3 is 9.88 Å². The van der Waals surface area contributed by atoms with E-state index in [1.165, 1.54) is 16.3 Å². The molecule has 0 atom stereocenters. The van der Waals surface area contributed by atoms with Gasteiger partial charge >= 0.3 is 0 Å². The summed E-state index contributed by atoms with van der Waals surface area (Å²) in [6, 6.07) is 26.4. The maximum atomic E-state index is 12.5. The number of para-hydroxylation sites is 2. The predicted octanol–water partition coefficient (Wildman–Crippen LogP) is 4.56. The predicted molar refractivity (Wildman–Crippen MR) is 118 cm³/mol. The average molecular weight is 392 g/mol. The molecule has 0 saturated carbocycles. The lowest BCUT2D eigenvalue weighted by molar-refractivity contribution is 0.0949. The van der Waals surface area contributed by atoms with E-state index in [1.807, 2.05) is 18.2 Å². The quantitative estimate of drug-likeness (QED) is 0.477. The molecule has 0 radical (unpaired) electrons. The maximum absolute atomic E-state index is 12.5. The number of pyridine rings is 1. The van der Waals surface area contributed by atoms with E-state index in [1.54, 1.807) is 24.5 Å². The molecule has 0 aliphatic carbocycles. The van der Waals surface area contributed by atoms with Gasteiger partial charge in [-0.05, 0) is 46.7 Å². The Kier molecular flexibility index (Phi) is 4.69. The van der Waals surface area contributed by atoms with Crippen molar-refractivity contribution in [2.24, 2.45) is 0 Å². The molecule has 30 heavy (non-hydrogen) atoms. The van der Waals surface area contributed by atoms with E-state index in [0.29, 0.717) is 18.7 Å². The fraction of sp³-hybridized carbons (Fsp3) is 0.0800. The molecule has 5 heteroatoms. The largest absolute Gasteiger partial charge is 0.345 e. The van der Waals surface area contributed by atoms with E-state index >= 15 is 0 Å². The van der Waals surface area contributed by atoms with Crippen molar-refractivity contribution in [1.82, 2.24) is 19.9 Å². The highest BCUT2D eigenvalue weighted by Crippen LogP contribution is 2.21. The molecule has 0 saturated heterocycles. The van der Waals surface area contributed by atoms with Crippen molar-refractivity contribution in [2.45, 2.75) is 13.1 Å². The van der Waals surface area contributed by atoms with E-state index < -0.39 is 0 Å². The number of benzene rings is 3. The van der Waals surface area contributed by atoms with Crippen LogP contribution >= 0.6 is 0 Å². The Bertz CT molecular complexity index is 1340. The minimum atomic E-state index is -0.160. The van der Waals surface area contributed by atoms with Gasteiger partial charge in [0.25, 0.3) is 5.91 Å². The summed E-state index contributed by atoms with van der Waals surface area (Å²) < 4.78 is 2.17. The standard InChI is InChI=1S/C25H20N4O/c30-25(21-8-5-13-26-15-21)27-16-24-28-22-9-3-4-10-23(22)29(24)17-18-11-12-19-6-1-2-7-20(19)14-18/h1-15H,16-17H2,(H,27,30). The molecule has 2 heterocycles. The van der Waals surface area contributed by atoms with Crippen LogP contribution in [0.2, 0.25) is 0 Å². The van der Waals surface area contributed by atoms with Crippen LogP contribution in [0.15, 0.2) is 91.3 Å². The minimum Gasteiger partial charge on any atom is -0.345 e. The monoisotopic (exact) mass is 392 g/mol. The van der Waals surface area contributed by atoms with Crippen molar-refractivity contribution in [3.05, 3.63) is 108 Å². The summed E-state index contributed by atoms with van der Waals surface area (Å²) in [5, 5.41) is 5.41. The van der Waals surface area contributed by atoms with Crippen LogP contribution in [0.1, 0.15) is 21.7 Å². The number of carbonyl (C=O) groups excluding carboxylic acids is 1. The molecule has 146 valence electrons. The first kappa shape index (κ1) is 18.1. The third-order valence-corrected chi connectivity index (χ3v) is 5.22. The van der Waals surface area contributed by atoms with E-state index in [-0.39, 0.29) is 5.91 Å². The second-order valence-corrected chi connectivity index (χ2v) is 7.21. The molecule has 5 nitrogen and oxygen atoms in total. The SMILES string of the molecule is O=C(NCc1nc2ccccc2n1Cc1ccc2ccccc2c1)c1cccnc1. The third kappa shape index (κ3) is 3.53. The van der Waals surface area contributed by atoms with Crippen molar-refractivity contribution >= 4 is 27.7 Å². The Morgan fingerprint density at radius 1 is 0.900 bits per heavy atom. The zero-order valence-corrected chi connectivity index (χ0v) is 16.3. The third-order valence-electron chi connectivity index (χ3n) is 5.22. The Morgan fingerprint density at radius 3 is 2.60 bits per heavy atom. The molecular weight excluding hydrogens is 372 g/mol. The molecule has 0 unspecified atom stereocenters.